The van der Waals surface area contributed by atoms with E-state index >= 15 is 0 Å². The molecule has 0 rings (SSSR count). The van der Waals surface area contributed by atoms with Crippen LogP contribution in [0.3, 0.4) is 0 Å². The van der Waals surface area contributed by atoms with Crippen LogP contribution in [0.5, 0.6) is 0 Å². The van der Waals surface area contributed by atoms with E-state index in [1.54, 1.807) is 0 Å². The molecule has 0 N–H and O–H groups in total. The maximum absolute atomic E-state index is 12.9. The largest absolute Gasteiger partial charge is 0.462 e. The number of ether oxygens (including phenoxy) is 3. The van der Waals surface area contributed by atoms with Gasteiger partial charge in [0, 0.05) is 19.3 Å². The normalized spacial score (nSPS) is 13.0. The van der Waals surface area contributed by atoms with Crippen molar-refractivity contribution in [3.05, 3.63) is 122 Å². The lowest BCUT2D eigenvalue weighted by atomic mass is 10.1. The third kappa shape index (κ3) is 56.6. The molecule has 71 heavy (non-hydrogen) atoms. The number of hydrogen-bond acceptors (Lipinski definition) is 6. The fourth-order valence-corrected chi connectivity index (χ4v) is 7.57. The molecule has 6 heteroatoms. The van der Waals surface area contributed by atoms with Gasteiger partial charge in [-0.25, -0.2) is 0 Å². The van der Waals surface area contributed by atoms with Gasteiger partial charge in [0.1, 0.15) is 13.2 Å². The summed E-state index contributed by atoms with van der Waals surface area (Å²) in [5.41, 5.74) is 0. The van der Waals surface area contributed by atoms with Gasteiger partial charge in [0.2, 0.25) is 0 Å². The minimum atomic E-state index is -0.824. The van der Waals surface area contributed by atoms with Gasteiger partial charge in [0.15, 0.2) is 6.10 Å². The fourth-order valence-electron chi connectivity index (χ4n) is 7.57. The average molecular weight is 984 g/mol. The van der Waals surface area contributed by atoms with Crippen molar-refractivity contribution in [2.24, 2.45) is 0 Å². The number of unbranched alkanes of at least 4 members (excludes halogenated alkanes) is 20. The highest BCUT2D eigenvalue weighted by Crippen LogP contribution is 2.13. The smallest absolute Gasteiger partial charge is 0.306 e. The predicted octanol–water partition coefficient (Wildman–Crippen LogP) is 19.6. The first kappa shape index (κ1) is 66.8. The Labute approximate surface area is 437 Å². The Balaban J connectivity index is 4.56. The summed E-state index contributed by atoms with van der Waals surface area (Å²) in [5, 5.41) is 0. The second-order valence-electron chi connectivity index (χ2n) is 18.8. The molecule has 0 amide bonds. The van der Waals surface area contributed by atoms with Crippen LogP contribution in [0.25, 0.3) is 0 Å². The number of esters is 3. The molecule has 0 saturated carbocycles. The number of allylic oxidation sites excluding steroid dienone is 20. The first-order valence-corrected chi connectivity index (χ1v) is 29.0. The van der Waals surface area contributed by atoms with Crippen LogP contribution in [0.1, 0.15) is 252 Å². The molecule has 0 heterocycles. The van der Waals surface area contributed by atoms with E-state index in [1.165, 1.54) is 103 Å². The van der Waals surface area contributed by atoms with Crippen LogP contribution >= 0.6 is 0 Å². The predicted molar refractivity (Wildman–Crippen MR) is 306 cm³/mol. The molecule has 0 radical (unpaired) electrons. The lowest BCUT2D eigenvalue weighted by molar-refractivity contribution is -0.167. The fraction of sp³-hybridized carbons (Fsp3) is 0.646. The maximum atomic E-state index is 12.9. The topological polar surface area (TPSA) is 78.9 Å². The van der Waals surface area contributed by atoms with Crippen molar-refractivity contribution in [3.63, 3.8) is 0 Å². The molecule has 0 aromatic heterocycles. The summed E-state index contributed by atoms with van der Waals surface area (Å²) in [7, 11) is 0. The van der Waals surface area contributed by atoms with Gasteiger partial charge in [-0.15, -0.1) is 0 Å². The lowest BCUT2D eigenvalue weighted by Crippen LogP contribution is -2.30. The lowest BCUT2D eigenvalue weighted by Gasteiger charge is -2.18. The van der Waals surface area contributed by atoms with E-state index in [2.05, 4.69) is 142 Å². The van der Waals surface area contributed by atoms with Gasteiger partial charge in [-0.1, -0.05) is 226 Å². The van der Waals surface area contributed by atoms with Crippen molar-refractivity contribution < 1.29 is 28.6 Å². The van der Waals surface area contributed by atoms with E-state index < -0.39 is 6.10 Å². The number of hydrogen-bond donors (Lipinski definition) is 0. The monoisotopic (exact) mass is 983 g/mol. The van der Waals surface area contributed by atoms with Crippen molar-refractivity contribution in [1.82, 2.24) is 0 Å². The van der Waals surface area contributed by atoms with Crippen LogP contribution in [0.15, 0.2) is 122 Å². The molecule has 0 aliphatic heterocycles. The molecule has 0 aliphatic carbocycles. The van der Waals surface area contributed by atoms with Gasteiger partial charge in [-0.3, -0.25) is 14.4 Å². The first-order valence-electron chi connectivity index (χ1n) is 29.0. The average Bonchev–Trinajstić information content (AvgIpc) is 3.37. The molecular formula is C65H106O6. The highest BCUT2D eigenvalue weighted by atomic mass is 16.6. The highest BCUT2D eigenvalue weighted by Gasteiger charge is 2.19. The Morgan fingerprint density at radius 1 is 0.296 bits per heavy atom. The van der Waals surface area contributed by atoms with Crippen molar-refractivity contribution in [1.29, 1.82) is 0 Å². The van der Waals surface area contributed by atoms with Crippen molar-refractivity contribution in [2.75, 3.05) is 13.2 Å². The Bertz CT molecular complexity index is 1500. The van der Waals surface area contributed by atoms with Gasteiger partial charge in [0.25, 0.3) is 0 Å². The molecule has 0 aromatic rings. The zero-order valence-corrected chi connectivity index (χ0v) is 45.9. The Hall–Kier alpha value is -4.19. The van der Waals surface area contributed by atoms with Crippen molar-refractivity contribution in [2.45, 2.75) is 258 Å². The standard InChI is InChI=1S/C65H106O6/c1-4-7-10-13-16-19-22-25-28-31-32-35-38-41-44-47-50-53-56-59-65(68)71-62(60-69-63(66)57-54-51-48-45-42-39-36-33-29-26-23-20-17-14-11-8-5-2)61-70-64(67)58-55-52-49-46-43-40-37-34-30-27-24-21-18-15-12-9-6-3/h8,11,16-17,19-20,25-30,32,35-36,39,41,44-45,48,62H,4-7,9-10,12-15,18,21-24,31,33-34,37-38,40,42-43,46-47,49-61H2,1-3H3/b11-8-,19-16-,20-17-,28-25-,29-26-,30-27-,35-32-,39-36-,44-41-,48-45-/t62-/m1/s1. The second-order valence-corrected chi connectivity index (χ2v) is 18.8. The van der Waals surface area contributed by atoms with Gasteiger partial charge in [0.05, 0.1) is 0 Å². The molecule has 0 bridgehead atoms. The number of carbonyl (C=O) groups excluding carboxylic acids is 3. The van der Waals surface area contributed by atoms with Gasteiger partial charge in [-0.05, 0) is 128 Å². The van der Waals surface area contributed by atoms with Crippen molar-refractivity contribution in [3.8, 4) is 0 Å². The molecular weight excluding hydrogens is 877 g/mol. The van der Waals surface area contributed by atoms with Gasteiger partial charge >= 0.3 is 17.9 Å². The van der Waals surface area contributed by atoms with Crippen LogP contribution in [0, 0.1) is 0 Å². The third-order valence-corrected chi connectivity index (χ3v) is 11.9. The first-order chi connectivity index (χ1) is 35.0. The molecule has 0 spiro atoms. The molecule has 0 aliphatic rings. The van der Waals surface area contributed by atoms with Crippen molar-refractivity contribution >= 4 is 17.9 Å². The SMILES string of the molecule is CC/C=C\C/C=C\C/C=C\C/C=C\C/C=C\CCCC(=O)OC[C@H](COC(=O)CCCCCCCCC/C=C\CCCCCCCC)OC(=O)CCCCC/C=C\C/C=C\C/C=C\C/C=C\CCCCC. The molecule has 0 saturated heterocycles. The number of rotatable bonds is 51. The highest BCUT2D eigenvalue weighted by molar-refractivity contribution is 5.71. The summed E-state index contributed by atoms with van der Waals surface area (Å²) < 4.78 is 16.8. The zero-order chi connectivity index (χ0) is 51.4. The molecule has 6 nitrogen and oxygen atoms in total. The molecule has 402 valence electrons. The summed E-state index contributed by atoms with van der Waals surface area (Å²) in [5.74, 6) is -1.01. The molecule has 0 unspecified atom stereocenters. The van der Waals surface area contributed by atoms with E-state index in [0.717, 1.165) is 96.3 Å². The van der Waals surface area contributed by atoms with Crippen LogP contribution < -0.4 is 0 Å². The van der Waals surface area contributed by atoms with Gasteiger partial charge < -0.3 is 14.2 Å². The van der Waals surface area contributed by atoms with Gasteiger partial charge in [-0.2, -0.15) is 0 Å². The maximum Gasteiger partial charge on any atom is 0.306 e. The number of carbonyl (C=O) groups is 3. The summed E-state index contributed by atoms with van der Waals surface area (Å²) in [4.78, 5) is 38.2. The third-order valence-electron chi connectivity index (χ3n) is 11.9. The Morgan fingerprint density at radius 3 is 0.972 bits per heavy atom. The quantitative estimate of drug-likeness (QED) is 0.0261. The molecule has 0 fully saturated rings. The molecule has 0 aromatic carbocycles. The van der Waals surface area contributed by atoms with E-state index in [9.17, 15) is 14.4 Å². The second kappa shape index (κ2) is 58.4. The van der Waals surface area contributed by atoms with E-state index in [1.807, 2.05) is 0 Å². The Kier molecular flexibility index (Phi) is 54.9. The molecule has 1 atom stereocenters. The van der Waals surface area contributed by atoms with E-state index in [4.69, 9.17) is 14.2 Å². The van der Waals surface area contributed by atoms with Crippen LogP contribution in [0.4, 0.5) is 0 Å². The van der Waals surface area contributed by atoms with Crippen LogP contribution in [-0.2, 0) is 28.6 Å². The minimum Gasteiger partial charge on any atom is -0.462 e. The summed E-state index contributed by atoms with van der Waals surface area (Å²) in [6.45, 7) is 6.41. The Morgan fingerprint density at radius 2 is 0.563 bits per heavy atom. The summed E-state index contributed by atoms with van der Waals surface area (Å²) in [6, 6.07) is 0. The summed E-state index contributed by atoms with van der Waals surface area (Å²) >= 11 is 0. The van der Waals surface area contributed by atoms with Crippen LogP contribution in [0.2, 0.25) is 0 Å². The zero-order valence-electron chi connectivity index (χ0n) is 45.9. The summed E-state index contributed by atoms with van der Waals surface area (Å²) in [6.07, 6.45) is 80.5. The van der Waals surface area contributed by atoms with Crippen LogP contribution in [-0.4, -0.2) is 37.2 Å². The van der Waals surface area contributed by atoms with E-state index in [0.29, 0.717) is 19.3 Å². The van der Waals surface area contributed by atoms with E-state index in [-0.39, 0.29) is 44.0 Å². The minimum absolute atomic E-state index is 0.114.